The third kappa shape index (κ3) is 3.06. The Morgan fingerprint density at radius 1 is 1.14 bits per heavy atom. The molecule has 2 aromatic rings. The standard InChI is InChI=1S/C17H18N2O2/c1-11(18)12-3-2-4-14(9-12)21-15-6-7-16-13(10-15)5-8-17(20)19-16/h2-4,6-7,9-11H,5,8,18H2,1H3,(H,19,20). The Labute approximate surface area is 123 Å². The smallest absolute Gasteiger partial charge is 0.224 e. The lowest BCUT2D eigenvalue weighted by molar-refractivity contribution is -0.116. The molecule has 21 heavy (non-hydrogen) atoms. The fraction of sp³-hybridized carbons (Fsp3) is 0.235. The molecule has 0 fully saturated rings. The van der Waals surface area contributed by atoms with Crippen molar-refractivity contribution >= 4 is 11.6 Å². The number of carbonyl (C=O) groups excluding carboxylic acids is 1. The summed E-state index contributed by atoms with van der Waals surface area (Å²) in [6.07, 6.45) is 1.27. The van der Waals surface area contributed by atoms with Crippen LogP contribution in [0, 0.1) is 0 Å². The number of fused-ring (bicyclic) bond motifs is 1. The van der Waals surface area contributed by atoms with Crippen LogP contribution in [0.3, 0.4) is 0 Å². The first kappa shape index (κ1) is 13.6. The quantitative estimate of drug-likeness (QED) is 0.907. The van der Waals surface area contributed by atoms with Crippen LogP contribution in [0.25, 0.3) is 0 Å². The molecule has 0 bridgehead atoms. The number of hydrogen-bond acceptors (Lipinski definition) is 3. The maximum absolute atomic E-state index is 11.3. The van der Waals surface area contributed by atoms with E-state index in [2.05, 4.69) is 5.32 Å². The Balaban J connectivity index is 1.82. The van der Waals surface area contributed by atoms with Crippen LogP contribution in [0.5, 0.6) is 11.5 Å². The van der Waals surface area contributed by atoms with Crippen molar-refractivity contribution in [2.24, 2.45) is 5.73 Å². The maximum atomic E-state index is 11.3. The van der Waals surface area contributed by atoms with Crippen LogP contribution >= 0.6 is 0 Å². The van der Waals surface area contributed by atoms with E-state index in [0.717, 1.165) is 34.7 Å². The Morgan fingerprint density at radius 3 is 2.76 bits per heavy atom. The zero-order chi connectivity index (χ0) is 14.8. The van der Waals surface area contributed by atoms with Gasteiger partial charge in [0.25, 0.3) is 0 Å². The van der Waals surface area contributed by atoms with Crippen molar-refractivity contribution in [1.29, 1.82) is 0 Å². The predicted octanol–water partition coefficient (Wildman–Crippen LogP) is 3.38. The number of ether oxygens (including phenoxy) is 1. The molecule has 108 valence electrons. The van der Waals surface area contributed by atoms with Gasteiger partial charge in [0.15, 0.2) is 0 Å². The molecule has 4 heteroatoms. The van der Waals surface area contributed by atoms with Crippen LogP contribution < -0.4 is 15.8 Å². The minimum absolute atomic E-state index is 0.0210. The van der Waals surface area contributed by atoms with Crippen LogP contribution in [-0.2, 0) is 11.2 Å². The molecular formula is C17H18N2O2. The van der Waals surface area contributed by atoms with Gasteiger partial charge < -0.3 is 15.8 Å². The molecule has 1 aliphatic heterocycles. The maximum Gasteiger partial charge on any atom is 0.224 e. The average Bonchev–Trinajstić information content (AvgIpc) is 2.48. The number of nitrogens with one attached hydrogen (secondary N) is 1. The molecule has 1 amide bonds. The largest absolute Gasteiger partial charge is 0.457 e. The molecule has 1 aliphatic rings. The van der Waals surface area contributed by atoms with Gasteiger partial charge in [-0.05, 0) is 54.8 Å². The fourth-order valence-electron chi connectivity index (χ4n) is 2.42. The third-order valence-corrected chi connectivity index (χ3v) is 3.59. The number of hydrogen-bond donors (Lipinski definition) is 2. The van der Waals surface area contributed by atoms with Crippen molar-refractivity contribution in [2.75, 3.05) is 5.32 Å². The van der Waals surface area contributed by atoms with Gasteiger partial charge in [-0.15, -0.1) is 0 Å². The summed E-state index contributed by atoms with van der Waals surface area (Å²) in [5.74, 6) is 1.61. The van der Waals surface area contributed by atoms with Crippen LogP contribution in [0.4, 0.5) is 5.69 Å². The summed E-state index contributed by atoms with van der Waals surface area (Å²) in [6.45, 7) is 1.95. The van der Waals surface area contributed by atoms with E-state index in [-0.39, 0.29) is 11.9 Å². The molecule has 0 saturated carbocycles. The fourth-order valence-corrected chi connectivity index (χ4v) is 2.42. The van der Waals surface area contributed by atoms with Crippen molar-refractivity contribution in [3.63, 3.8) is 0 Å². The highest BCUT2D eigenvalue weighted by Gasteiger charge is 2.15. The first-order chi connectivity index (χ1) is 10.1. The monoisotopic (exact) mass is 282 g/mol. The van der Waals surface area contributed by atoms with Crippen molar-refractivity contribution in [2.45, 2.75) is 25.8 Å². The van der Waals surface area contributed by atoms with E-state index >= 15 is 0 Å². The molecule has 4 nitrogen and oxygen atoms in total. The van der Waals surface area contributed by atoms with E-state index in [9.17, 15) is 4.79 Å². The average molecular weight is 282 g/mol. The summed E-state index contributed by atoms with van der Waals surface area (Å²) in [4.78, 5) is 11.3. The number of aryl methyl sites for hydroxylation is 1. The molecule has 0 saturated heterocycles. The Kier molecular flexibility index (Phi) is 3.62. The second-order valence-corrected chi connectivity index (χ2v) is 5.33. The number of amides is 1. The molecule has 1 atom stereocenters. The highest BCUT2D eigenvalue weighted by Crippen LogP contribution is 2.30. The molecule has 1 unspecified atom stereocenters. The topological polar surface area (TPSA) is 64.3 Å². The van der Waals surface area contributed by atoms with Gasteiger partial charge in [-0.3, -0.25) is 4.79 Å². The molecule has 2 aromatic carbocycles. The van der Waals surface area contributed by atoms with E-state index < -0.39 is 0 Å². The zero-order valence-electron chi connectivity index (χ0n) is 11.9. The molecule has 3 N–H and O–H groups in total. The Hall–Kier alpha value is -2.33. The van der Waals surface area contributed by atoms with E-state index in [1.165, 1.54) is 0 Å². The number of carbonyl (C=O) groups is 1. The van der Waals surface area contributed by atoms with E-state index in [1.54, 1.807) is 0 Å². The first-order valence-electron chi connectivity index (χ1n) is 7.08. The van der Waals surface area contributed by atoms with Gasteiger partial charge in [-0.2, -0.15) is 0 Å². The molecule has 0 aliphatic carbocycles. The third-order valence-electron chi connectivity index (χ3n) is 3.59. The summed E-state index contributed by atoms with van der Waals surface area (Å²) in [5.41, 5.74) is 8.91. The number of anilines is 1. The molecule has 3 rings (SSSR count). The minimum atomic E-state index is -0.0210. The first-order valence-corrected chi connectivity index (χ1v) is 7.08. The van der Waals surface area contributed by atoms with E-state index in [1.807, 2.05) is 49.4 Å². The van der Waals surface area contributed by atoms with Crippen LogP contribution in [0.1, 0.15) is 30.5 Å². The zero-order valence-corrected chi connectivity index (χ0v) is 11.9. The molecule has 1 heterocycles. The highest BCUT2D eigenvalue weighted by atomic mass is 16.5. The normalized spacial score (nSPS) is 15.0. The van der Waals surface area contributed by atoms with Gasteiger partial charge in [0, 0.05) is 18.2 Å². The number of rotatable bonds is 3. The van der Waals surface area contributed by atoms with Crippen molar-refractivity contribution in [1.82, 2.24) is 0 Å². The van der Waals surface area contributed by atoms with Gasteiger partial charge in [-0.25, -0.2) is 0 Å². The molecule has 0 aromatic heterocycles. The van der Waals surface area contributed by atoms with Crippen LogP contribution in [0.2, 0.25) is 0 Å². The summed E-state index contributed by atoms with van der Waals surface area (Å²) in [7, 11) is 0. The van der Waals surface area contributed by atoms with Gasteiger partial charge in [-0.1, -0.05) is 12.1 Å². The Morgan fingerprint density at radius 2 is 1.95 bits per heavy atom. The number of benzene rings is 2. The summed E-state index contributed by atoms with van der Waals surface area (Å²) in [5, 5.41) is 2.86. The predicted molar refractivity (Wildman–Crippen MR) is 82.5 cm³/mol. The lowest BCUT2D eigenvalue weighted by Gasteiger charge is -2.18. The molecular weight excluding hydrogens is 264 g/mol. The van der Waals surface area contributed by atoms with Gasteiger partial charge >= 0.3 is 0 Å². The molecule has 0 radical (unpaired) electrons. The lowest BCUT2D eigenvalue weighted by atomic mass is 10.0. The minimum Gasteiger partial charge on any atom is -0.457 e. The van der Waals surface area contributed by atoms with Crippen LogP contribution in [0.15, 0.2) is 42.5 Å². The van der Waals surface area contributed by atoms with Crippen molar-refractivity contribution in [3.8, 4) is 11.5 Å². The van der Waals surface area contributed by atoms with Gasteiger partial charge in [0.05, 0.1) is 0 Å². The van der Waals surface area contributed by atoms with E-state index in [0.29, 0.717) is 6.42 Å². The summed E-state index contributed by atoms with van der Waals surface area (Å²) < 4.78 is 5.89. The highest BCUT2D eigenvalue weighted by molar-refractivity contribution is 5.94. The Bertz CT molecular complexity index is 680. The second kappa shape index (κ2) is 5.58. The lowest BCUT2D eigenvalue weighted by Crippen LogP contribution is -2.18. The van der Waals surface area contributed by atoms with E-state index in [4.69, 9.17) is 10.5 Å². The second-order valence-electron chi connectivity index (χ2n) is 5.33. The number of nitrogens with two attached hydrogens (primary N) is 1. The summed E-state index contributed by atoms with van der Waals surface area (Å²) >= 11 is 0. The van der Waals surface area contributed by atoms with Gasteiger partial charge in [0.2, 0.25) is 5.91 Å². The van der Waals surface area contributed by atoms with Gasteiger partial charge in [0.1, 0.15) is 11.5 Å². The van der Waals surface area contributed by atoms with Crippen molar-refractivity contribution < 1.29 is 9.53 Å². The van der Waals surface area contributed by atoms with Crippen molar-refractivity contribution in [3.05, 3.63) is 53.6 Å². The van der Waals surface area contributed by atoms with Crippen LogP contribution in [-0.4, -0.2) is 5.91 Å². The summed E-state index contributed by atoms with van der Waals surface area (Å²) in [6, 6.07) is 13.5. The molecule has 0 spiro atoms. The SMILES string of the molecule is CC(N)c1cccc(Oc2ccc3c(c2)CCC(=O)N3)c1.